The molecule has 0 aliphatic carbocycles. The summed E-state index contributed by atoms with van der Waals surface area (Å²) in [6.07, 6.45) is 3.19. The van der Waals surface area contributed by atoms with Gasteiger partial charge < -0.3 is 10.1 Å². The van der Waals surface area contributed by atoms with E-state index < -0.39 is 0 Å². The first-order valence-corrected chi connectivity index (χ1v) is 10.3. The molecule has 1 fully saturated rings. The van der Waals surface area contributed by atoms with Crippen molar-refractivity contribution < 1.29 is 9.53 Å². The van der Waals surface area contributed by atoms with Gasteiger partial charge in [-0.2, -0.15) is 0 Å². The van der Waals surface area contributed by atoms with E-state index in [9.17, 15) is 4.79 Å². The van der Waals surface area contributed by atoms with Crippen LogP contribution in [0.4, 0.5) is 5.69 Å². The molecule has 1 amide bonds. The third-order valence-electron chi connectivity index (χ3n) is 3.65. The first kappa shape index (κ1) is 18.2. The largest absolute Gasteiger partial charge is 0.496 e. The van der Waals surface area contributed by atoms with Crippen LogP contribution in [0.3, 0.4) is 0 Å². The van der Waals surface area contributed by atoms with E-state index in [1.807, 2.05) is 41.7 Å². The van der Waals surface area contributed by atoms with Crippen LogP contribution in [0.5, 0.6) is 5.75 Å². The summed E-state index contributed by atoms with van der Waals surface area (Å²) >= 11 is 9.90. The Morgan fingerprint density at radius 2 is 2.04 bits per heavy atom. The molecule has 2 aromatic carbocycles. The highest BCUT2D eigenvalue weighted by molar-refractivity contribution is 8.19. The molecule has 0 saturated carbocycles. The number of amides is 1. The Labute approximate surface area is 161 Å². The van der Waals surface area contributed by atoms with Crippen LogP contribution in [-0.4, -0.2) is 24.5 Å². The average Bonchev–Trinajstić information content (AvgIpc) is 3.15. The number of rotatable bonds is 5. The second-order valence-electron chi connectivity index (χ2n) is 5.41. The minimum absolute atomic E-state index is 0.189. The van der Waals surface area contributed by atoms with Crippen LogP contribution in [0.25, 0.3) is 6.08 Å². The zero-order chi connectivity index (χ0) is 17.6. The number of thioether (sulfide) groups is 2. The number of hydrogen-bond acceptors (Lipinski definition) is 4. The fourth-order valence-corrected chi connectivity index (χ4v) is 5.52. The number of ether oxygens (including phenoxy) is 1. The van der Waals surface area contributed by atoms with Crippen molar-refractivity contribution in [2.45, 2.75) is 4.58 Å². The summed E-state index contributed by atoms with van der Waals surface area (Å²) in [5.41, 5.74) is 2.81. The minimum Gasteiger partial charge on any atom is -0.496 e. The number of nitrogens with one attached hydrogen (secondary N) is 1. The second-order valence-corrected chi connectivity index (χ2v) is 8.57. The van der Waals surface area contributed by atoms with E-state index in [1.54, 1.807) is 31.4 Å². The molecular formula is C19H18ClNO2S2. The van der Waals surface area contributed by atoms with Gasteiger partial charge in [-0.25, -0.2) is 0 Å². The average molecular weight is 392 g/mol. The van der Waals surface area contributed by atoms with E-state index in [2.05, 4.69) is 11.4 Å². The normalized spacial score (nSPS) is 14.8. The SMILES string of the molecule is COc1ccc(Cl)cc1/C=C/C(=O)Nc1cccc(C2SCCS2)c1. The summed E-state index contributed by atoms with van der Waals surface area (Å²) in [6, 6.07) is 13.3. The van der Waals surface area contributed by atoms with Gasteiger partial charge in [-0.3, -0.25) is 4.79 Å². The number of benzene rings is 2. The van der Waals surface area contributed by atoms with Crippen molar-refractivity contribution in [1.82, 2.24) is 0 Å². The van der Waals surface area contributed by atoms with Gasteiger partial charge in [0.1, 0.15) is 5.75 Å². The van der Waals surface area contributed by atoms with Crippen molar-refractivity contribution in [3.8, 4) is 5.75 Å². The summed E-state index contributed by atoms with van der Waals surface area (Å²) in [6.45, 7) is 0. The van der Waals surface area contributed by atoms with E-state index in [-0.39, 0.29) is 5.91 Å². The third-order valence-corrected chi connectivity index (χ3v) is 6.99. The van der Waals surface area contributed by atoms with Gasteiger partial charge in [0.05, 0.1) is 11.7 Å². The van der Waals surface area contributed by atoms with Crippen molar-refractivity contribution in [1.29, 1.82) is 0 Å². The number of hydrogen-bond donors (Lipinski definition) is 1. The zero-order valence-corrected chi connectivity index (χ0v) is 16.1. The molecule has 1 saturated heterocycles. The molecule has 25 heavy (non-hydrogen) atoms. The lowest BCUT2D eigenvalue weighted by Gasteiger charge is -2.10. The predicted octanol–water partition coefficient (Wildman–Crippen LogP) is 5.48. The molecule has 1 heterocycles. The van der Waals surface area contributed by atoms with Gasteiger partial charge in [-0.05, 0) is 42.0 Å². The molecule has 3 nitrogen and oxygen atoms in total. The molecule has 0 atom stereocenters. The number of carbonyl (C=O) groups is 1. The quantitative estimate of drug-likeness (QED) is 0.685. The molecule has 1 aliphatic rings. The van der Waals surface area contributed by atoms with Crippen LogP contribution >= 0.6 is 35.1 Å². The van der Waals surface area contributed by atoms with Crippen LogP contribution in [-0.2, 0) is 4.79 Å². The lowest BCUT2D eigenvalue weighted by molar-refractivity contribution is -0.111. The topological polar surface area (TPSA) is 38.3 Å². The van der Waals surface area contributed by atoms with Crippen LogP contribution in [0, 0.1) is 0 Å². The monoisotopic (exact) mass is 391 g/mol. The van der Waals surface area contributed by atoms with Gasteiger partial charge in [0.15, 0.2) is 0 Å². The molecule has 6 heteroatoms. The summed E-state index contributed by atoms with van der Waals surface area (Å²) < 4.78 is 5.74. The van der Waals surface area contributed by atoms with Gasteiger partial charge in [0, 0.05) is 33.9 Å². The van der Waals surface area contributed by atoms with Gasteiger partial charge in [0.25, 0.3) is 0 Å². The Hall–Kier alpha value is -1.56. The highest BCUT2D eigenvalue weighted by atomic mass is 35.5. The number of anilines is 1. The fourth-order valence-electron chi connectivity index (χ4n) is 2.50. The minimum atomic E-state index is -0.189. The van der Waals surface area contributed by atoms with Crippen molar-refractivity contribution >= 4 is 52.8 Å². The van der Waals surface area contributed by atoms with Crippen molar-refractivity contribution in [3.63, 3.8) is 0 Å². The molecule has 1 aliphatic heterocycles. The smallest absolute Gasteiger partial charge is 0.248 e. The zero-order valence-electron chi connectivity index (χ0n) is 13.7. The van der Waals surface area contributed by atoms with Gasteiger partial charge in [-0.1, -0.05) is 23.7 Å². The standard InChI is InChI=1S/C19H18ClNO2S2/c1-23-17-7-6-15(20)11-13(17)5-8-18(22)21-16-4-2-3-14(12-16)19-24-9-10-25-19/h2-8,11-12,19H,9-10H2,1H3,(H,21,22)/b8-5+. The fraction of sp³-hybridized carbons (Fsp3) is 0.211. The van der Waals surface area contributed by atoms with E-state index in [1.165, 1.54) is 23.1 Å². The summed E-state index contributed by atoms with van der Waals surface area (Å²) in [7, 11) is 1.59. The Kier molecular flexibility index (Phi) is 6.34. The summed E-state index contributed by atoms with van der Waals surface area (Å²) in [4.78, 5) is 12.2. The van der Waals surface area contributed by atoms with Crippen LogP contribution in [0.1, 0.15) is 15.7 Å². The summed E-state index contributed by atoms with van der Waals surface area (Å²) in [5.74, 6) is 2.84. The molecule has 0 bridgehead atoms. The Morgan fingerprint density at radius 1 is 1.24 bits per heavy atom. The molecule has 130 valence electrons. The first-order valence-electron chi connectivity index (χ1n) is 7.81. The lowest BCUT2D eigenvalue weighted by Crippen LogP contribution is -2.08. The molecular weight excluding hydrogens is 374 g/mol. The molecule has 1 N–H and O–H groups in total. The van der Waals surface area contributed by atoms with Gasteiger partial charge in [-0.15, -0.1) is 23.5 Å². The van der Waals surface area contributed by atoms with E-state index in [0.717, 1.165) is 11.3 Å². The molecule has 0 unspecified atom stereocenters. The van der Waals surface area contributed by atoms with Gasteiger partial charge >= 0.3 is 0 Å². The highest BCUT2D eigenvalue weighted by Crippen LogP contribution is 2.45. The highest BCUT2D eigenvalue weighted by Gasteiger charge is 2.18. The number of carbonyl (C=O) groups excluding carboxylic acids is 1. The van der Waals surface area contributed by atoms with E-state index in [0.29, 0.717) is 15.4 Å². The second kappa shape index (κ2) is 8.70. The molecule has 0 radical (unpaired) electrons. The Morgan fingerprint density at radius 3 is 2.80 bits per heavy atom. The van der Waals surface area contributed by atoms with Crippen LogP contribution in [0.2, 0.25) is 5.02 Å². The van der Waals surface area contributed by atoms with Crippen LogP contribution in [0.15, 0.2) is 48.5 Å². The van der Waals surface area contributed by atoms with Crippen molar-refractivity contribution in [2.24, 2.45) is 0 Å². The van der Waals surface area contributed by atoms with Crippen molar-refractivity contribution in [2.75, 3.05) is 23.9 Å². The third kappa shape index (κ3) is 4.97. The Bertz CT molecular complexity index is 789. The summed E-state index contributed by atoms with van der Waals surface area (Å²) in [5, 5.41) is 3.51. The lowest BCUT2D eigenvalue weighted by atomic mass is 10.2. The first-order chi connectivity index (χ1) is 12.2. The molecule has 2 aromatic rings. The van der Waals surface area contributed by atoms with Gasteiger partial charge in [0.2, 0.25) is 5.91 Å². The number of methoxy groups -OCH3 is 1. The Balaban J connectivity index is 1.68. The van der Waals surface area contributed by atoms with Crippen molar-refractivity contribution in [3.05, 3.63) is 64.7 Å². The maximum Gasteiger partial charge on any atom is 0.248 e. The van der Waals surface area contributed by atoms with E-state index in [4.69, 9.17) is 16.3 Å². The molecule has 0 spiro atoms. The maximum atomic E-state index is 12.2. The maximum absolute atomic E-state index is 12.2. The molecule has 0 aromatic heterocycles. The number of halogens is 1. The van der Waals surface area contributed by atoms with Crippen LogP contribution < -0.4 is 10.1 Å². The predicted molar refractivity (Wildman–Crippen MR) is 110 cm³/mol. The van der Waals surface area contributed by atoms with E-state index >= 15 is 0 Å². The molecule has 3 rings (SSSR count).